The number of rotatable bonds is 4. The molecule has 0 fully saturated rings. The molecule has 0 spiro atoms. The van der Waals surface area contributed by atoms with Crippen LogP contribution in [0.15, 0.2) is 62.6 Å². The van der Waals surface area contributed by atoms with Crippen LogP contribution in [0.5, 0.6) is 5.75 Å². The Balaban J connectivity index is 1.93. The number of hydrogen-bond donors (Lipinski definition) is 0. The maximum absolute atomic E-state index is 12.4. The van der Waals surface area contributed by atoms with Gasteiger partial charge in [0.15, 0.2) is 0 Å². The largest absolute Gasteiger partial charge is 0.379 e. The van der Waals surface area contributed by atoms with Gasteiger partial charge in [-0.25, -0.2) is 4.68 Å². The van der Waals surface area contributed by atoms with Crippen LogP contribution in [0.25, 0.3) is 5.69 Å². The van der Waals surface area contributed by atoms with Crippen LogP contribution in [0.2, 0.25) is 0 Å². The lowest BCUT2D eigenvalue weighted by molar-refractivity contribution is 0.485. The Labute approximate surface area is 148 Å². The molecule has 1 aromatic heterocycles. The number of halogens is 2. The summed E-state index contributed by atoms with van der Waals surface area (Å²) in [6, 6.07) is 11.2. The molecular formula is C13H8Br2N4O3S. The van der Waals surface area contributed by atoms with Crippen molar-refractivity contribution in [2.24, 2.45) is 0 Å². The van der Waals surface area contributed by atoms with E-state index in [1.54, 1.807) is 24.3 Å². The zero-order valence-corrected chi connectivity index (χ0v) is 15.3. The van der Waals surface area contributed by atoms with E-state index in [0.29, 0.717) is 10.2 Å². The van der Waals surface area contributed by atoms with Crippen LogP contribution < -0.4 is 4.18 Å². The SMILES string of the molecule is O=S(=O)(Oc1cccc(-n2cnnn2)c1)c1ccc(Br)cc1Br. The van der Waals surface area contributed by atoms with Crippen LogP contribution in [0.3, 0.4) is 0 Å². The lowest BCUT2D eigenvalue weighted by Gasteiger charge is -2.09. The minimum absolute atomic E-state index is 0.0357. The van der Waals surface area contributed by atoms with Crippen LogP contribution in [0.1, 0.15) is 0 Å². The van der Waals surface area contributed by atoms with Gasteiger partial charge in [-0.2, -0.15) is 8.42 Å². The first-order valence-electron chi connectivity index (χ1n) is 6.19. The number of aromatic nitrogens is 4. The van der Waals surface area contributed by atoms with Gasteiger partial charge in [-0.05, 0) is 56.7 Å². The summed E-state index contributed by atoms with van der Waals surface area (Å²) in [6.07, 6.45) is 1.40. The van der Waals surface area contributed by atoms with Crippen molar-refractivity contribution in [3.05, 3.63) is 57.7 Å². The van der Waals surface area contributed by atoms with Gasteiger partial charge in [0.05, 0.1) is 5.69 Å². The standard InChI is InChI=1S/C13H8Br2N4O3S/c14-9-4-5-13(12(15)6-9)23(20,21)22-11-3-1-2-10(7-11)19-8-16-17-18-19/h1-8H. The van der Waals surface area contributed by atoms with E-state index in [9.17, 15) is 8.42 Å². The van der Waals surface area contributed by atoms with Crippen molar-refractivity contribution in [3.8, 4) is 11.4 Å². The third-order valence-electron chi connectivity index (χ3n) is 2.80. The summed E-state index contributed by atoms with van der Waals surface area (Å²) in [5.74, 6) is 0.160. The van der Waals surface area contributed by atoms with Crippen molar-refractivity contribution in [1.82, 2.24) is 20.2 Å². The Kier molecular flexibility index (Phi) is 4.46. The number of hydrogen-bond acceptors (Lipinski definition) is 6. The Morgan fingerprint density at radius 3 is 2.61 bits per heavy atom. The first-order chi connectivity index (χ1) is 11.0. The summed E-state index contributed by atoms with van der Waals surface area (Å²) < 4.78 is 32.6. The first-order valence-corrected chi connectivity index (χ1v) is 9.18. The fraction of sp³-hybridized carbons (Fsp3) is 0. The number of benzene rings is 2. The molecule has 3 rings (SSSR count). The summed E-state index contributed by atoms with van der Waals surface area (Å²) >= 11 is 6.50. The average molecular weight is 460 g/mol. The molecule has 10 heteroatoms. The molecule has 0 aliphatic heterocycles. The first kappa shape index (κ1) is 16.1. The van der Waals surface area contributed by atoms with Crippen molar-refractivity contribution >= 4 is 42.0 Å². The highest BCUT2D eigenvalue weighted by Gasteiger charge is 2.20. The summed E-state index contributed by atoms with van der Waals surface area (Å²) in [6.45, 7) is 0. The third kappa shape index (κ3) is 3.59. The van der Waals surface area contributed by atoms with Crippen molar-refractivity contribution in [2.45, 2.75) is 4.90 Å². The molecule has 3 aromatic rings. The minimum atomic E-state index is -3.97. The fourth-order valence-electron chi connectivity index (χ4n) is 1.81. The lowest BCUT2D eigenvalue weighted by Crippen LogP contribution is -2.10. The molecule has 0 unspecified atom stereocenters. The average Bonchev–Trinajstić information content (AvgIpc) is 3.00. The maximum Gasteiger partial charge on any atom is 0.340 e. The van der Waals surface area contributed by atoms with Crippen LogP contribution in [0, 0.1) is 0 Å². The monoisotopic (exact) mass is 458 g/mol. The van der Waals surface area contributed by atoms with Crippen LogP contribution in [-0.4, -0.2) is 28.6 Å². The summed E-state index contributed by atoms with van der Waals surface area (Å²) in [5, 5.41) is 10.8. The lowest BCUT2D eigenvalue weighted by atomic mass is 10.3. The molecule has 7 nitrogen and oxygen atoms in total. The zero-order valence-electron chi connectivity index (χ0n) is 11.3. The second-order valence-corrected chi connectivity index (χ2v) is 7.65. The smallest absolute Gasteiger partial charge is 0.340 e. The molecule has 0 aliphatic rings. The molecular weight excluding hydrogens is 452 g/mol. The van der Waals surface area contributed by atoms with Gasteiger partial charge >= 0.3 is 10.1 Å². The van der Waals surface area contributed by atoms with E-state index < -0.39 is 10.1 Å². The van der Waals surface area contributed by atoms with Crippen LogP contribution in [-0.2, 0) is 10.1 Å². The number of tetrazole rings is 1. The highest BCUT2D eigenvalue weighted by Crippen LogP contribution is 2.28. The second kappa shape index (κ2) is 6.38. The third-order valence-corrected chi connectivity index (χ3v) is 5.52. The predicted molar refractivity (Wildman–Crippen MR) is 88.8 cm³/mol. The quantitative estimate of drug-likeness (QED) is 0.557. The van der Waals surface area contributed by atoms with Gasteiger partial charge < -0.3 is 4.18 Å². The predicted octanol–water partition coefficient (Wildman–Crippen LogP) is 2.96. The van der Waals surface area contributed by atoms with E-state index in [4.69, 9.17) is 4.18 Å². The molecule has 0 saturated heterocycles. The molecule has 0 atom stereocenters. The second-order valence-electron chi connectivity index (χ2n) is 4.36. The fourth-order valence-corrected chi connectivity index (χ4v) is 4.43. The van der Waals surface area contributed by atoms with Crippen molar-refractivity contribution < 1.29 is 12.6 Å². The molecule has 0 saturated carbocycles. The molecule has 0 radical (unpaired) electrons. The Hall–Kier alpha value is -1.78. The van der Waals surface area contributed by atoms with Gasteiger partial charge in [0.1, 0.15) is 17.0 Å². The van der Waals surface area contributed by atoms with E-state index >= 15 is 0 Å². The molecule has 0 amide bonds. The number of nitrogens with zero attached hydrogens (tertiary/aromatic N) is 4. The van der Waals surface area contributed by atoms with Gasteiger partial charge in [0, 0.05) is 15.0 Å². The maximum atomic E-state index is 12.4. The van der Waals surface area contributed by atoms with E-state index in [0.717, 1.165) is 4.47 Å². The summed E-state index contributed by atoms with van der Waals surface area (Å²) in [5.41, 5.74) is 0.581. The molecule has 2 aromatic carbocycles. The van der Waals surface area contributed by atoms with Crippen molar-refractivity contribution in [1.29, 1.82) is 0 Å². The van der Waals surface area contributed by atoms with Gasteiger partial charge in [-0.15, -0.1) is 5.10 Å². The van der Waals surface area contributed by atoms with E-state index in [1.807, 2.05) is 0 Å². The van der Waals surface area contributed by atoms with E-state index in [2.05, 4.69) is 47.4 Å². The molecule has 23 heavy (non-hydrogen) atoms. The van der Waals surface area contributed by atoms with Gasteiger partial charge in [-0.3, -0.25) is 0 Å². The van der Waals surface area contributed by atoms with Crippen LogP contribution in [0.4, 0.5) is 0 Å². The molecule has 1 heterocycles. The van der Waals surface area contributed by atoms with Gasteiger partial charge in [0.25, 0.3) is 0 Å². The molecule has 0 aliphatic carbocycles. The van der Waals surface area contributed by atoms with Crippen molar-refractivity contribution in [3.63, 3.8) is 0 Å². The molecule has 118 valence electrons. The Bertz CT molecular complexity index is 946. The van der Waals surface area contributed by atoms with E-state index in [-0.39, 0.29) is 10.6 Å². The van der Waals surface area contributed by atoms with Crippen molar-refractivity contribution in [2.75, 3.05) is 0 Å². The van der Waals surface area contributed by atoms with Gasteiger partial charge in [0.2, 0.25) is 0 Å². The summed E-state index contributed by atoms with van der Waals surface area (Å²) in [7, 11) is -3.97. The van der Waals surface area contributed by atoms with E-state index in [1.165, 1.54) is 29.2 Å². The Morgan fingerprint density at radius 1 is 1.09 bits per heavy atom. The minimum Gasteiger partial charge on any atom is -0.379 e. The molecule has 0 bridgehead atoms. The highest BCUT2D eigenvalue weighted by atomic mass is 79.9. The highest BCUT2D eigenvalue weighted by molar-refractivity contribution is 9.11. The molecule has 0 N–H and O–H groups in total. The topological polar surface area (TPSA) is 87.0 Å². The Morgan fingerprint density at radius 2 is 1.91 bits per heavy atom. The summed E-state index contributed by atoms with van der Waals surface area (Å²) in [4.78, 5) is 0.0357. The van der Waals surface area contributed by atoms with Gasteiger partial charge in [-0.1, -0.05) is 22.0 Å². The zero-order chi connectivity index (χ0) is 16.4. The van der Waals surface area contributed by atoms with Crippen LogP contribution >= 0.6 is 31.9 Å². The normalized spacial score (nSPS) is 11.4.